The summed E-state index contributed by atoms with van der Waals surface area (Å²) in [5, 5.41) is 12.4. The summed E-state index contributed by atoms with van der Waals surface area (Å²) < 4.78 is 42.3. The maximum atomic E-state index is 13.3. The van der Waals surface area contributed by atoms with Crippen molar-refractivity contribution in [2.75, 3.05) is 0 Å². The minimum Gasteiger partial charge on any atom is -0.507 e. The lowest BCUT2D eigenvalue weighted by molar-refractivity contribution is 0.140. The smallest absolute Gasteiger partial charge is 0.283 e. The second-order valence-corrected chi connectivity index (χ2v) is 3.05. The van der Waals surface area contributed by atoms with Gasteiger partial charge < -0.3 is 9.63 Å². The molecule has 6 heteroatoms. The van der Waals surface area contributed by atoms with Gasteiger partial charge in [-0.2, -0.15) is 0 Å². The minimum absolute atomic E-state index is 0.231. The maximum Gasteiger partial charge on any atom is 0.283 e. The molecule has 0 aliphatic heterocycles. The Morgan fingerprint density at radius 1 is 1.28 bits per heavy atom. The van der Waals surface area contributed by atoms with Gasteiger partial charge >= 0.3 is 0 Å². The summed E-state index contributed by atoms with van der Waals surface area (Å²) in [5.74, 6) is -1.39. The van der Waals surface area contributed by atoms with Gasteiger partial charge in [0.25, 0.3) is 6.43 Å². The predicted octanol–water partition coefficient (Wildman–Crippen LogP) is 4.15. The van der Waals surface area contributed by atoms with E-state index in [-0.39, 0.29) is 11.3 Å². The van der Waals surface area contributed by atoms with Crippen LogP contribution in [0.15, 0.2) is 28.8 Å². The van der Waals surface area contributed by atoms with Crippen molar-refractivity contribution in [3.63, 3.8) is 0 Å². The molecule has 1 aromatic carbocycles. The van der Waals surface area contributed by atoms with Gasteiger partial charge in [-0.05, 0) is 12.1 Å². The van der Waals surface area contributed by atoms with Crippen LogP contribution in [-0.2, 0) is 0 Å². The van der Waals surface area contributed by atoms with E-state index in [1.54, 1.807) is 0 Å². The van der Waals surface area contributed by atoms with Crippen molar-refractivity contribution in [1.29, 1.82) is 0 Å². The van der Waals surface area contributed by atoms with E-state index in [9.17, 15) is 18.3 Å². The van der Waals surface area contributed by atoms with Gasteiger partial charge in [0.2, 0.25) is 0 Å². The quantitative estimate of drug-likeness (QED) is 0.881. The monoisotopic (exact) mass is 259 g/mol. The van der Waals surface area contributed by atoms with Crippen LogP contribution >= 0.6 is 0 Å². The van der Waals surface area contributed by atoms with Crippen LogP contribution in [0.4, 0.5) is 13.2 Å². The first-order valence-corrected chi connectivity index (χ1v) is 5.32. The van der Waals surface area contributed by atoms with E-state index < -0.39 is 23.7 Å². The van der Waals surface area contributed by atoms with Crippen molar-refractivity contribution in [3.8, 4) is 17.1 Å². The molecule has 0 saturated carbocycles. The van der Waals surface area contributed by atoms with Crippen molar-refractivity contribution in [2.45, 2.75) is 20.3 Å². The second kappa shape index (κ2) is 6.09. The summed E-state index contributed by atoms with van der Waals surface area (Å²) in [7, 11) is 0. The molecule has 0 atom stereocenters. The standard InChI is InChI=1S/C10H6F3NO2.C2H6/c11-5-2-1-3-7(15)9(5)8-4-6(10(12)13)14-16-8;1-2/h1-4,10,15H;1-2H3. The Morgan fingerprint density at radius 3 is 2.44 bits per heavy atom. The number of rotatable bonds is 2. The molecule has 0 aliphatic rings. The van der Waals surface area contributed by atoms with Crippen molar-refractivity contribution in [1.82, 2.24) is 5.16 Å². The number of phenols is 1. The maximum absolute atomic E-state index is 13.3. The van der Waals surface area contributed by atoms with Gasteiger partial charge in [-0.25, -0.2) is 13.2 Å². The summed E-state index contributed by atoms with van der Waals surface area (Å²) >= 11 is 0. The van der Waals surface area contributed by atoms with Crippen molar-refractivity contribution < 1.29 is 22.8 Å². The van der Waals surface area contributed by atoms with Gasteiger partial charge in [0.1, 0.15) is 17.3 Å². The molecule has 0 unspecified atom stereocenters. The van der Waals surface area contributed by atoms with Crippen LogP contribution in [0.2, 0.25) is 0 Å². The Morgan fingerprint density at radius 2 is 1.94 bits per heavy atom. The molecule has 0 amide bonds. The first-order valence-electron chi connectivity index (χ1n) is 5.32. The third-order valence-electron chi connectivity index (χ3n) is 1.99. The molecule has 0 fully saturated rings. The molecule has 0 bridgehead atoms. The Balaban J connectivity index is 0.000000771. The zero-order chi connectivity index (χ0) is 13.7. The number of phenolic OH excluding ortho intramolecular Hbond substituents is 1. The molecule has 0 aliphatic carbocycles. The average molecular weight is 259 g/mol. The van der Waals surface area contributed by atoms with Crippen LogP contribution in [0.25, 0.3) is 11.3 Å². The molecule has 2 aromatic rings. The number of hydrogen-bond acceptors (Lipinski definition) is 3. The van der Waals surface area contributed by atoms with Crippen LogP contribution in [0.1, 0.15) is 26.0 Å². The van der Waals surface area contributed by atoms with Gasteiger partial charge in [0, 0.05) is 6.07 Å². The largest absolute Gasteiger partial charge is 0.507 e. The lowest BCUT2D eigenvalue weighted by atomic mass is 10.1. The van der Waals surface area contributed by atoms with E-state index in [1.807, 2.05) is 13.8 Å². The number of nitrogens with zero attached hydrogens (tertiary/aromatic N) is 1. The normalized spacial score (nSPS) is 10.1. The molecular formula is C12H12F3NO2. The SMILES string of the molecule is CC.Oc1cccc(F)c1-c1cc(C(F)F)no1. The van der Waals surface area contributed by atoms with E-state index in [1.165, 1.54) is 12.1 Å². The third-order valence-corrected chi connectivity index (χ3v) is 1.99. The predicted molar refractivity (Wildman–Crippen MR) is 59.9 cm³/mol. The first kappa shape index (κ1) is 14.1. The zero-order valence-electron chi connectivity index (χ0n) is 9.82. The lowest BCUT2D eigenvalue weighted by Crippen LogP contribution is -1.83. The summed E-state index contributed by atoms with van der Waals surface area (Å²) in [6.07, 6.45) is -2.80. The molecular weight excluding hydrogens is 247 g/mol. The van der Waals surface area contributed by atoms with Gasteiger partial charge in [-0.15, -0.1) is 0 Å². The Labute approximate surface area is 102 Å². The number of hydrogen-bond donors (Lipinski definition) is 1. The fourth-order valence-corrected chi connectivity index (χ4v) is 1.27. The molecule has 1 aromatic heterocycles. The van der Waals surface area contributed by atoms with E-state index in [0.717, 1.165) is 12.1 Å². The van der Waals surface area contributed by atoms with Crippen LogP contribution in [0.3, 0.4) is 0 Å². The highest BCUT2D eigenvalue weighted by Crippen LogP contribution is 2.33. The summed E-state index contributed by atoms with van der Waals surface area (Å²) in [5.41, 5.74) is -0.875. The van der Waals surface area contributed by atoms with E-state index in [4.69, 9.17) is 0 Å². The first-order chi connectivity index (χ1) is 8.59. The van der Waals surface area contributed by atoms with Crippen LogP contribution in [0.5, 0.6) is 5.75 Å². The fraction of sp³-hybridized carbons (Fsp3) is 0.250. The molecule has 0 spiro atoms. The Hall–Kier alpha value is -1.98. The minimum atomic E-state index is -2.80. The molecule has 98 valence electrons. The molecule has 3 nitrogen and oxygen atoms in total. The number of halogens is 3. The third kappa shape index (κ3) is 2.82. The summed E-state index contributed by atoms with van der Waals surface area (Å²) in [6, 6.07) is 4.49. The number of aromatic nitrogens is 1. The van der Waals surface area contributed by atoms with Gasteiger partial charge in [0.05, 0.1) is 5.56 Å². The van der Waals surface area contributed by atoms with E-state index in [0.29, 0.717) is 0 Å². The molecule has 18 heavy (non-hydrogen) atoms. The summed E-state index contributed by atoms with van der Waals surface area (Å²) in [6.45, 7) is 4.00. The molecule has 1 N–H and O–H groups in total. The second-order valence-electron chi connectivity index (χ2n) is 3.05. The van der Waals surface area contributed by atoms with E-state index in [2.05, 4.69) is 9.68 Å². The molecule has 0 radical (unpaired) electrons. The number of benzene rings is 1. The lowest BCUT2D eigenvalue weighted by Gasteiger charge is -2.00. The highest BCUT2D eigenvalue weighted by molar-refractivity contribution is 5.66. The fourth-order valence-electron chi connectivity index (χ4n) is 1.27. The van der Waals surface area contributed by atoms with Crippen LogP contribution in [0, 0.1) is 5.82 Å². The molecule has 1 heterocycles. The zero-order valence-corrected chi connectivity index (χ0v) is 9.82. The van der Waals surface area contributed by atoms with Crippen molar-refractivity contribution in [2.24, 2.45) is 0 Å². The van der Waals surface area contributed by atoms with Crippen molar-refractivity contribution >= 4 is 0 Å². The highest BCUT2D eigenvalue weighted by Gasteiger charge is 2.19. The van der Waals surface area contributed by atoms with Gasteiger partial charge in [-0.1, -0.05) is 25.1 Å². The van der Waals surface area contributed by atoms with Crippen LogP contribution < -0.4 is 0 Å². The Bertz CT molecular complexity index is 492. The van der Waals surface area contributed by atoms with Gasteiger partial charge in [-0.3, -0.25) is 0 Å². The average Bonchev–Trinajstić information content (AvgIpc) is 2.81. The number of alkyl halides is 2. The van der Waals surface area contributed by atoms with E-state index >= 15 is 0 Å². The molecule has 2 rings (SSSR count). The summed E-state index contributed by atoms with van der Waals surface area (Å²) in [4.78, 5) is 0. The number of aromatic hydroxyl groups is 1. The van der Waals surface area contributed by atoms with Crippen LogP contribution in [-0.4, -0.2) is 10.3 Å². The topological polar surface area (TPSA) is 46.3 Å². The highest BCUT2D eigenvalue weighted by atomic mass is 19.3. The van der Waals surface area contributed by atoms with Crippen molar-refractivity contribution in [3.05, 3.63) is 35.8 Å². The molecule has 0 saturated heterocycles. The van der Waals surface area contributed by atoms with Gasteiger partial charge in [0.15, 0.2) is 5.76 Å². The Kier molecular flexibility index (Phi) is 4.76.